The lowest BCUT2D eigenvalue weighted by Crippen LogP contribution is -2.20. The number of hydrogen-bond donors (Lipinski definition) is 1. The van der Waals surface area contributed by atoms with Crippen molar-refractivity contribution in [2.75, 3.05) is 11.9 Å². The molecule has 5 heteroatoms. The first-order chi connectivity index (χ1) is 9.97. The summed E-state index contributed by atoms with van der Waals surface area (Å²) in [7, 11) is 1.80. The van der Waals surface area contributed by atoms with Crippen LogP contribution in [0.5, 0.6) is 0 Å². The molecule has 0 fully saturated rings. The number of halogens is 2. The first kappa shape index (κ1) is 14.8. The first-order valence-electron chi connectivity index (χ1n) is 6.57. The Hall–Kier alpha value is -1.11. The lowest BCUT2D eigenvalue weighted by Gasteiger charge is -2.17. The quantitative estimate of drug-likeness (QED) is 0.767. The predicted octanol–water partition coefficient (Wildman–Crippen LogP) is 3.51. The number of hydrogen-bond acceptors (Lipinski definition) is 2. The number of fused-ring (bicyclic) bond motifs is 1. The maximum Gasteiger partial charge on any atom is 0.231 e. The molecule has 3 rings (SSSR count). The monoisotopic (exact) mass is 412 g/mol. The van der Waals surface area contributed by atoms with Gasteiger partial charge in [0.15, 0.2) is 0 Å². The van der Waals surface area contributed by atoms with Crippen LogP contribution in [0.15, 0.2) is 36.4 Å². The molecule has 108 valence electrons. The summed E-state index contributed by atoms with van der Waals surface area (Å²) >= 11 is 8.33. The zero-order valence-corrected chi connectivity index (χ0v) is 14.4. The molecule has 0 spiro atoms. The van der Waals surface area contributed by atoms with Gasteiger partial charge in [-0.2, -0.15) is 0 Å². The second kappa shape index (κ2) is 5.59. The standard InChI is InChI=1S/C16H14ClIN2O/c1-20-14-5-2-9(6-10(14)7-15(20)21)16(19)12-8-11(17)3-4-13(12)18/h2-6,8,16H,7,19H2,1H3. The number of carbonyl (C=O) groups excluding carboxylic acids is 1. The van der Waals surface area contributed by atoms with E-state index >= 15 is 0 Å². The molecule has 3 nitrogen and oxygen atoms in total. The number of carbonyl (C=O) groups is 1. The Morgan fingerprint density at radius 1 is 1.29 bits per heavy atom. The van der Waals surface area contributed by atoms with Crippen molar-refractivity contribution in [1.29, 1.82) is 0 Å². The van der Waals surface area contributed by atoms with E-state index in [1.165, 1.54) is 0 Å². The lowest BCUT2D eigenvalue weighted by molar-refractivity contribution is -0.117. The molecule has 1 atom stereocenters. The maximum absolute atomic E-state index is 11.8. The van der Waals surface area contributed by atoms with Gasteiger partial charge in [-0.25, -0.2) is 0 Å². The van der Waals surface area contributed by atoms with Crippen LogP contribution in [0.25, 0.3) is 0 Å². The summed E-state index contributed by atoms with van der Waals surface area (Å²) in [4.78, 5) is 13.4. The highest BCUT2D eigenvalue weighted by molar-refractivity contribution is 14.1. The summed E-state index contributed by atoms with van der Waals surface area (Å²) in [6, 6.07) is 11.4. The molecule has 0 saturated carbocycles. The molecule has 0 bridgehead atoms. The fourth-order valence-corrected chi connectivity index (χ4v) is 3.47. The smallest absolute Gasteiger partial charge is 0.231 e. The summed E-state index contributed by atoms with van der Waals surface area (Å²) in [5, 5.41) is 0.678. The van der Waals surface area contributed by atoms with E-state index in [9.17, 15) is 4.79 Å². The van der Waals surface area contributed by atoms with Crippen molar-refractivity contribution in [1.82, 2.24) is 0 Å². The second-order valence-electron chi connectivity index (χ2n) is 5.16. The number of nitrogens with zero attached hydrogens (tertiary/aromatic N) is 1. The molecule has 1 heterocycles. The Bertz CT molecular complexity index is 732. The summed E-state index contributed by atoms with van der Waals surface area (Å²) in [5.74, 6) is 0.119. The lowest BCUT2D eigenvalue weighted by atomic mass is 9.97. The van der Waals surface area contributed by atoms with Gasteiger partial charge in [0.1, 0.15) is 0 Å². The summed E-state index contributed by atoms with van der Waals surface area (Å²) < 4.78 is 1.08. The van der Waals surface area contributed by atoms with Gasteiger partial charge in [-0.05, 0) is 63.5 Å². The van der Waals surface area contributed by atoms with Gasteiger partial charge in [0.05, 0.1) is 12.5 Å². The topological polar surface area (TPSA) is 46.3 Å². The summed E-state index contributed by atoms with van der Waals surface area (Å²) in [6.07, 6.45) is 0.443. The van der Waals surface area contributed by atoms with Crippen LogP contribution in [-0.2, 0) is 11.2 Å². The number of likely N-dealkylation sites (N-methyl/N-ethyl adjacent to an activating group) is 1. The molecule has 2 aromatic rings. The van der Waals surface area contributed by atoms with E-state index in [0.717, 1.165) is 25.9 Å². The van der Waals surface area contributed by atoms with Crippen LogP contribution < -0.4 is 10.6 Å². The number of rotatable bonds is 2. The third-order valence-corrected chi connectivity index (χ3v) is 5.05. The SMILES string of the molecule is CN1C(=O)Cc2cc(C(N)c3cc(Cl)ccc3I)ccc21. The van der Waals surface area contributed by atoms with Crippen LogP contribution in [0.4, 0.5) is 5.69 Å². The van der Waals surface area contributed by atoms with Gasteiger partial charge >= 0.3 is 0 Å². The van der Waals surface area contributed by atoms with Gasteiger partial charge in [-0.3, -0.25) is 4.79 Å². The minimum atomic E-state index is -0.248. The fraction of sp³-hybridized carbons (Fsp3) is 0.188. The van der Waals surface area contributed by atoms with Crippen molar-refractivity contribution in [3.05, 3.63) is 61.7 Å². The highest BCUT2D eigenvalue weighted by Gasteiger charge is 2.25. The molecule has 1 aliphatic rings. The minimum Gasteiger partial charge on any atom is -0.320 e. The second-order valence-corrected chi connectivity index (χ2v) is 6.76. The maximum atomic E-state index is 11.8. The van der Waals surface area contributed by atoms with Crippen LogP contribution >= 0.6 is 34.2 Å². The first-order valence-corrected chi connectivity index (χ1v) is 8.03. The highest BCUT2D eigenvalue weighted by atomic mass is 127. The van der Waals surface area contributed by atoms with Crippen molar-refractivity contribution >= 4 is 45.8 Å². The van der Waals surface area contributed by atoms with E-state index in [0.29, 0.717) is 11.4 Å². The highest BCUT2D eigenvalue weighted by Crippen LogP contribution is 2.33. The number of benzene rings is 2. The molecule has 2 N–H and O–H groups in total. The zero-order chi connectivity index (χ0) is 15.1. The van der Waals surface area contributed by atoms with E-state index in [-0.39, 0.29) is 11.9 Å². The molecule has 0 radical (unpaired) electrons. The molecule has 0 aliphatic carbocycles. The molecule has 0 saturated heterocycles. The van der Waals surface area contributed by atoms with Crippen molar-refractivity contribution in [2.45, 2.75) is 12.5 Å². The van der Waals surface area contributed by atoms with Gasteiger partial charge < -0.3 is 10.6 Å². The van der Waals surface area contributed by atoms with E-state index < -0.39 is 0 Å². The Morgan fingerprint density at radius 3 is 2.81 bits per heavy atom. The Balaban J connectivity index is 2.00. The Labute approximate surface area is 142 Å². The van der Waals surface area contributed by atoms with Gasteiger partial charge in [0.2, 0.25) is 5.91 Å². The van der Waals surface area contributed by atoms with Crippen LogP contribution in [0.3, 0.4) is 0 Å². The average molecular weight is 413 g/mol. The molecule has 2 aromatic carbocycles. The Kier molecular flexibility index (Phi) is 3.94. The summed E-state index contributed by atoms with van der Waals surface area (Å²) in [6.45, 7) is 0. The zero-order valence-electron chi connectivity index (χ0n) is 11.4. The van der Waals surface area contributed by atoms with Crippen molar-refractivity contribution in [3.8, 4) is 0 Å². The summed E-state index contributed by atoms with van der Waals surface area (Å²) in [5.41, 5.74) is 10.4. The number of nitrogens with two attached hydrogens (primary N) is 1. The van der Waals surface area contributed by atoms with Crippen LogP contribution in [0.2, 0.25) is 5.02 Å². The Morgan fingerprint density at radius 2 is 2.05 bits per heavy atom. The predicted molar refractivity (Wildman–Crippen MR) is 93.8 cm³/mol. The molecule has 1 amide bonds. The molecule has 1 aliphatic heterocycles. The van der Waals surface area contributed by atoms with E-state index in [2.05, 4.69) is 22.6 Å². The number of amides is 1. The third-order valence-electron chi connectivity index (χ3n) is 3.83. The minimum absolute atomic E-state index is 0.119. The van der Waals surface area contributed by atoms with Crippen LogP contribution in [0.1, 0.15) is 22.7 Å². The van der Waals surface area contributed by atoms with Crippen LogP contribution in [0, 0.1) is 3.57 Å². The van der Waals surface area contributed by atoms with Crippen molar-refractivity contribution < 1.29 is 4.79 Å². The molecular weight excluding hydrogens is 399 g/mol. The van der Waals surface area contributed by atoms with Crippen molar-refractivity contribution in [3.63, 3.8) is 0 Å². The third kappa shape index (κ3) is 2.67. The fourth-order valence-electron chi connectivity index (χ4n) is 2.62. The van der Waals surface area contributed by atoms with Gasteiger partial charge in [0.25, 0.3) is 0 Å². The molecular formula is C16H14ClIN2O. The normalized spacial score (nSPS) is 15.2. The van der Waals surface area contributed by atoms with Gasteiger partial charge in [-0.1, -0.05) is 23.7 Å². The van der Waals surface area contributed by atoms with E-state index in [1.54, 1.807) is 11.9 Å². The molecule has 1 unspecified atom stereocenters. The van der Waals surface area contributed by atoms with Crippen LogP contribution in [-0.4, -0.2) is 13.0 Å². The van der Waals surface area contributed by atoms with E-state index in [1.807, 2.05) is 36.4 Å². The number of anilines is 1. The average Bonchev–Trinajstić information content (AvgIpc) is 2.75. The molecule has 0 aromatic heterocycles. The van der Waals surface area contributed by atoms with Crippen molar-refractivity contribution in [2.24, 2.45) is 5.73 Å². The van der Waals surface area contributed by atoms with E-state index in [4.69, 9.17) is 17.3 Å². The van der Waals surface area contributed by atoms with Gasteiger partial charge in [-0.15, -0.1) is 0 Å². The largest absolute Gasteiger partial charge is 0.320 e. The molecule has 21 heavy (non-hydrogen) atoms. The van der Waals surface area contributed by atoms with Gasteiger partial charge in [0, 0.05) is 21.3 Å².